The second kappa shape index (κ2) is 6.86. The average molecular weight is 328 g/mol. The molecule has 126 valence electrons. The number of amides is 1. The molecule has 1 heterocycles. The van der Waals surface area contributed by atoms with Crippen LogP contribution in [0.5, 0.6) is 0 Å². The molecule has 1 aliphatic carbocycles. The van der Waals surface area contributed by atoms with Gasteiger partial charge in [-0.15, -0.1) is 0 Å². The maximum Gasteiger partial charge on any atom is 0.306 e. The van der Waals surface area contributed by atoms with Crippen LogP contribution in [0, 0.1) is 11.8 Å². The molecule has 0 atom stereocenters. The molecule has 24 heavy (non-hydrogen) atoms. The van der Waals surface area contributed by atoms with Crippen LogP contribution in [0.25, 0.3) is 10.9 Å². The third-order valence-corrected chi connectivity index (χ3v) is 4.74. The second-order valence-electron chi connectivity index (χ2n) is 6.31. The van der Waals surface area contributed by atoms with Gasteiger partial charge in [0, 0.05) is 29.4 Å². The van der Waals surface area contributed by atoms with Gasteiger partial charge in [0.1, 0.15) is 0 Å². The van der Waals surface area contributed by atoms with Crippen LogP contribution in [-0.4, -0.2) is 22.0 Å². The van der Waals surface area contributed by atoms with Crippen molar-refractivity contribution >= 4 is 22.8 Å². The molecule has 0 spiro atoms. The van der Waals surface area contributed by atoms with Crippen LogP contribution in [0.2, 0.25) is 0 Å². The molecule has 1 aromatic heterocycles. The first-order valence-electron chi connectivity index (χ1n) is 8.16. The lowest BCUT2D eigenvalue weighted by molar-refractivity contribution is -0.144. The fourth-order valence-corrected chi connectivity index (χ4v) is 3.35. The SMILES string of the molecule is O=C(O)C1CCC(C(=O)NCc2cc(=O)[nH]c3ccccc23)CC1. The summed E-state index contributed by atoms with van der Waals surface area (Å²) in [7, 11) is 0. The summed E-state index contributed by atoms with van der Waals surface area (Å²) in [6, 6.07) is 8.98. The number of carbonyl (C=O) groups excluding carboxylic acids is 1. The Morgan fingerprint density at radius 1 is 1.12 bits per heavy atom. The predicted molar refractivity (Wildman–Crippen MR) is 89.5 cm³/mol. The minimum atomic E-state index is -0.774. The predicted octanol–water partition coefficient (Wildman–Crippen LogP) is 2.04. The molecule has 1 fully saturated rings. The first-order chi connectivity index (χ1) is 11.5. The van der Waals surface area contributed by atoms with Gasteiger partial charge in [-0.05, 0) is 37.3 Å². The highest BCUT2D eigenvalue weighted by Gasteiger charge is 2.29. The Labute approximate surface area is 138 Å². The Kier molecular flexibility index (Phi) is 4.64. The number of para-hydroxylation sites is 1. The van der Waals surface area contributed by atoms with Crippen LogP contribution >= 0.6 is 0 Å². The van der Waals surface area contributed by atoms with Gasteiger partial charge >= 0.3 is 5.97 Å². The van der Waals surface area contributed by atoms with Crippen molar-refractivity contribution in [2.45, 2.75) is 32.2 Å². The first kappa shape index (κ1) is 16.2. The van der Waals surface area contributed by atoms with Crippen LogP contribution < -0.4 is 10.9 Å². The number of rotatable bonds is 4. The van der Waals surface area contributed by atoms with Gasteiger partial charge in [-0.1, -0.05) is 18.2 Å². The first-order valence-corrected chi connectivity index (χ1v) is 8.16. The van der Waals surface area contributed by atoms with Crippen LogP contribution in [0.15, 0.2) is 35.1 Å². The van der Waals surface area contributed by atoms with E-state index in [-0.39, 0.29) is 23.3 Å². The molecule has 0 radical (unpaired) electrons. The number of carbonyl (C=O) groups is 2. The molecule has 1 saturated carbocycles. The maximum absolute atomic E-state index is 12.3. The highest BCUT2D eigenvalue weighted by molar-refractivity contribution is 5.83. The van der Waals surface area contributed by atoms with E-state index in [9.17, 15) is 14.4 Å². The zero-order chi connectivity index (χ0) is 17.1. The van der Waals surface area contributed by atoms with E-state index >= 15 is 0 Å². The number of aliphatic carboxylic acids is 1. The van der Waals surface area contributed by atoms with Gasteiger partial charge in [-0.25, -0.2) is 0 Å². The quantitative estimate of drug-likeness (QED) is 0.799. The molecule has 1 aromatic carbocycles. The summed E-state index contributed by atoms with van der Waals surface area (Å²) in [6.45, 7) is 0.294. The minimum absolute atomic E-state index is 0.0665. The van der Waals surface area contributed by atoms with Gasteiger partial charge < -0.3 is 15.4 Å². The summed E-state index contributed by atoms with van der Waals surface area (Å²) >= 11 is 0. The van der Waals surface area contributed by atoms with Gasteiger partial charge in [0.25, 0.3) is 0 Å². The largest absolute Gasteiger partial charge is 0.481 e. The van der Waals surface area contributed by atoms with E-state index in [1.807, 2.05) is 24.3 Å². The normalized spacial score (nSPS) is 20.7. The molecule has 0 bridgehead atoms. The van der Waals surface area contributed by atoms with E-state index in [1.54, 1.807) is 0 Å². The standard InChI is InChI=1S/C18H20N2O4/c21-16-9-13(14-3-1-2-4-15(14)20-16)10-19-17(22)11-5-7-12(8-6-11)18(23)24/h1-4,9,11-12H,5-8,10H2,(H,19,22)(H,20,21)(H,23,24). The van der Waals surface area contributed by atoms with Crippen molar-refractivity contribution < 1.29 is 14.7 Å². The van der Waals surface area contributed by atoms with Crippen molar-refractivity contribution in [3.8, 4) is 0 Å². The fraction of sp³-hybridized carbons (Fsp3) is 0.389. The zero-order valence-corrected chi connectivity index (χ0v) is 13.2. The third-order valence-electron chi connectivity index (χ3n) is 4.74. The summed E-state index contributed by atoms with van der Waals surface area (Å²) in [6.07, 6.45) is 2.28. The van der Waals surface area contributed by atoms with Gasteiger partial charge in [0.05, 0.1) is 5.92 Å². The van der Waals surface area contributed by atoms with E-state index < -0.39 is 5.97 Å². The van der Waals surface area contributed by atoms with Crippen LogP contribution in [-0.2, 0) is 16.1 Å². The van der Waals surface area contributed by atoms with Gasteiger partial charge in [-0.2, -0.15) is 0 Å². The van der Waals surface area contributed by atoms with Crippen molar-refractivity contribution in [1.82, 2.24) is 10.3 Å². The summed E-state index contributed by atoms with van der Waals surface area (Å²) < 4.78 is 0. The van der Waals surface area contributed by atoms with Crippen molar-refractivity contribution in [1.29, 1.82) is 0 Å². The lowest BCUT2D eigenvalue weighted by atomic mass is 9.81. The number of carboxylic acid groups (broad SMARTS) is 1. The highest BCUT2D eigenvalue weighted by atomic mass is 16.4. The zero-order valence-electron chi connectivity index (χ0n) is 13.2. The molecule has 6 nitrogen and oxygen atoms in total. The average Bonchev–Trinajstić information content (AvgIpc) is 2.59. The number of fused-ring (bicyclic) bond motifs is 1. The van der Waals surface area contributed by atoms with E-state index in [4.69, 9.17) is 5.11 Å². The van der Waals surface area contributed by atoms with E-state index in [0.29, 0.717) is 32.2 Å². The van der Waals surface area contributed by atoms with Crippen LogP contribution in [0.1, 0.15) is 31.2 Å². The van der Waals surface area contributed by atoms with Crippen molar-refractivity contribution in [2.24, 2.45) is 11.8 Å². The smallest absolute Gasteiger partial charge is 0.306 e. The highest BCUT2D eigenvalue weighted by Crippen LogP contribution is 2.29. The molecular weight excluding hydrogens is 308 g/mol. The van der Waals surface area contributed by atoms with Gasteiger partial charge in [0.15, 0.2) is 0 Å². The number of nitrogens with one attached hydrogen (secondary N) is 2. The molecule has 0 aliphatic heterocycles. The number of hydrogen-bond acceptors (Lipinski definition) is 3. The third kappa shape index (κ3) is 3.48. The molecule has 1 amide bonds. The van der Waals surface area contributed by atoms with E-state index in [0.717, 1.165) is 16.5 Å². The summed E-state index contributed by atoms with van der Waals surface area (Å²) in [4.78, 5) is 37.8. The number of aromatic amines is 1. The minimum Gasteiger partial charge on any atom is -0.481 e. The number of H-pyrrole nitrogens is 1. The molecule has 2 aromatic rings. The van der Waals surface area contributed by atoms with Crippen LogP contribution in [0.3, 0.4) is 0 Å². The monoisotopic (exact) mass is 328 g/mol. The van der Waals surface area contributed by atoms with Crippen LogP contribution in [0.4, 0.5) is 0 Å². The molecule has 0 unspecified atom stereocenters. The number of aromatic nitrogens is 1. The summed E-state index contributed by atoms with van der Waals surface area (Å²) in [5.74, 6) is -1.31. The van der Waals surface area contributed by atoms with Crippen molar-refractivity contribution in [2.75, 3.05) is 0 Å². The molecule has 3 N–H and O–H groups in total. The van der Waals surface area contributed by atoms with Gasteiger partial charge in [0.2, 0.25) is 11.5 Å². The van der Waals surface area contributed by atoms with E-state index in [1.165, 1.54) is 6.07 Å². The molecular formula is C18H20N2O4. The van der Waals surface area contributed by atoms with Crippen molar-refractivity contribution in [3.63, 3.8) is 0 Å². The fourth-order valence-electron chi connectivity index (χ4n) is 3.35. The van der Waals surface area contributed by atoms with Gasteiger partial charge in [-0.3, -0.25) is 14.4 Å². The topological polar surface area (TPSA) is 99.3 Å². The molecule has 0 saturated heterocycles. The Balaban J connectivity index is 1.65. The Hall–Kier alpha value is -2.63. The number of carboxylic acids is 1. The second-order valence-corrected chi connectivity index (χ2v) is 6.31. The number of hydrogen-bond donors (Lipinski definition) is 3. The summed E-state index contributed by atoms with van der Waals surface area (Å²) in [5, 5.41) is 12.8. The Morgan fingerprint density at radius 2 is 1.79 bits per heavy atom. The lowest BCUT2D eigenvalue weighted by Gasteiger charge is -2.25. The maximum atomic E-state index is 12.3. The van der Waals surface area contributed by atoms with E-state index in [2.05, 4.69) is 10.3 Å². The Morgan fingerprint density at radius 3 is 2.50 bits per heavy atom. The number of benzene rings is 1. The summed E-state index contributed by atoms with van der Waals surface area (Å²) in [5.41, 5.74) is 1.33. The molecule has 6 heteroatoms. The molecule has 1 aliphatic rings. The number of pyridine rings is 1. The molecule has 3 rings (SSSR count). The Bertz CT molecular complexity index is 819. The van der Waals surface area contributed by atoms with Crippen molar-refractivity contribution in [3.05, 3.63) is 46.2 Å². The lowest BCUT2D eigenvalue weighted by Crippen LogP contribution is -2.34.